The van der Waals surface area contributed by atoms with Gasteiger partial charge >= 0.3 is 0 Å². The lowest BCUT2D eigenvalue weighted by atomic mass is 9.75. The third kappa shape index (κ3) is 3.27. The number of carbonyl (C=O) groups is 1. The Morgan fingerprint density at radius 1 is 1.08 bits per heavy atom. The lowest BCUT2D eigenvalue weighted by Gasteiger charge is -2.39. The van der Waals surface area contributed by atoms with Gasteiger partial charge in [0.1, 0.15) is 16.9 Å². The summed E-state index contributed by atoms with van der Waals surface area (Å²) in [5.41, 5.74) is 10.8. The number of para-hydroxylation sites is 1. The smallest absolute Gasteiger partial charge is 0.164 e. The van der Waals surface area contributed by atoms with Crippen LogP contribution in [0.1, 0.15) is 60.6 Å². The van der Waals surface area contributed by atoms with Gasteiger partial charge in [0.2, 0.25) is 0 Å². The first-order chi connectivity index (χ1) is 18.0. The number of anilines is 2. The van der Waals surface area contributed by atoms with Crippen LogP contribution in [0, 0.1) is 22.7 Å². The quantitative estimate of drug-likeness (QED) is 0.629. The van der Waals surface area contributed by atoms with Gasteiger partial charge in [-0.1, -0.05) is 23.5 Å². The zero-order valence-corrected chi connectivity index (χ0v) is 21.7. The van der Waals surface area contributed by atoms with Crippen molar-refractivity contribution in [2.45, 2.75) is 43.9 Å². The predicted octanol–water partition coefficient (Wildman–Crippen LogP) is 4.64. The lowest BCUT2D eigenvalue weighted by molar-refractivity contribution is -0.116. The molecule has 1 aromatic carbocycles. The van der Waals surface area contributed by atoms with Gasteiger partial charge in [0.05, 0.1) is 42.3 Å². The van der Waals surface area contributed by atoms with Crippen LogP contribution < -0.4 is 25.0 Å². The molecular weight excluding hydrogens is 486 g/mol. The van der Waals surface area contributed by atoms with E-state index in [1.807, 2.05) is 17.0 Å². The molecule has 1 unspecified atom stereocenters. The summed E-state index contributed by atoms with van der Waals surface area (Å²) in [6.07, 6.45) is 3.79. The number of rotatable bonds is 4. The van der Waals surface area contributed by atoms with Gasteiger partial charge in [-0.15, -0.1) is 0 Å². The number of fused-ring (bicyclic) bond motifs is 2. The highest BCUT2D eigenvalue weighted by atomic mass is 32.1. The molecule has 0 saturated carbocycles. The molecule has 4 aliphatic heterocycles. The van der Waals surface area contributed by atoms with Crippen molar-refractivity contribution in [3.8, 4) is 23.6 Å². The van der Waals surface area contributed by atoms with E-state index in [4.69, 9.17) is 15.2 Å². The first-order valence-corrected chi connectivity index (χ1v) is 13.3. The van der Waals surface area contributed by atoms with E-state index in [0.717, 1.165) is 47.2 Å². The van der Waals surface area contributed by atoms with Crippen molar-refractivity contribution in [2.75, 3.05) is 37.1 Å². The summed E-state index contributed by atoms with van der Waals surface area (Å²) in [4.78, 5) is 17.8. The fourth-order valence-corrected chi connectivity index (χ4v) is 7.87. The third-order valence-electron chi connectivity index (χ3n) is 8.07. The third-order valence-corrected chi connectivity index (χ3v) is 9.32. The van der Waals surface area contributed by atoms with Gasteiger partial charge in [0, 0.05) is 41.9 Å². The predicted molar refractivity (Wildman–Crippen MR) is 141 cm³/mol. The van der Waals surface area contributed by atoms with Gasteiger partial charge in [-0.25, -0.2) is 0 Å². The van der Waals surface area contributed by atoms with Gasteiger partial charge in [-0.05, 0) is 37.7 Å². The van der Waals surface area contributed by atoms with E-state index in [9.17, 15) is 15.3 Å². The Morgan fingerprint density at radius 3 is 2.54 bits per heavy atom. The molecule has 8 nitrogen and oxygen atoms in total. The normalized spacial score (nSPS) is 21.0. The second kappa shape index (κ2) is 8.86. The maximum Gasteiger partial charge on any atom is 0.164 e. The van der Waals surface area contributed by atoms with E-state index in [2.05, 4.69) is 17.0 Å². The molecule has 1 aromatic heterocycles. The molecule has 9 heteroatoms. The van der Waals surface area contributed by atoms with Gasteiger partial charge in [0.15, 0.2) is 17.3 Å². The van der Waals surface area contributed by atoms with Gasteiger partial charge in [-0.2, -0.15) is 10.5 Å². The molecule has 1 saturated heterocycles. The monoisotopic (exact) mass is 513 g/mol. The largest absolute Gasteiger partial charge is 0.493 e. The Morgan fingerprint density at radius 2 is 1.86 bits per heavy atom. The fraction of sp³-hybridized carbons (Fsp3) is 0.393. The summed E-state index contributed by atoms with van der Waals surface area (Å²) >= 11 is 1.56. The van der Waals surface area contributed by atoms with E-state index in [0.29, 0.717) is 53.4 Å². The van der Waals surface area contributed by atoms with Crippen LogP contribution in [-0.4, -0.2) is 33.1 Å². The minimum Gasteiger partial charge on any atom is -0.493 e. The van der Waals surface area contributed by atoms with Gasteiger partial charge in [-0.3, -0.25) is 9.69 Å². The molecule has 2 bridgehead atoms. The Hall–Kier alpha value is -3.95. The van der Waals surface area contributed by atoms with Crippen LogP contribution in [0.3, 0.4) is 0 Å². The van der Waals surface area contributed by atoms with Crippen LogP contribution in [0.4, 0.5) is 10.0 Å². The molecule has 2 N–H and O–H groups in total. The van der Waals surface area contributed by atoms with E-state index in [-0.39, 0.29) is 17.2 Å². The molecule has 1 aliphatic carbocycles. The number of nitrogens with zero attached hydrogens (tertiary/aromatic N) is 4. The highest BCUT2D eigenvalue weighted by molar-refractivity contribution is 7.20. The molecule has 0 radical (unpaired) electrons. The first-order valence-electron chi connectivity index (χ1n) is 12.5. The van der Waals surface area contributed by atoms with Gasteiger partial charge in [0.25, 0.3) is 0 Å². The van der Waals surface area contributed by atoms with E-state index < -0.39 is 5.92 Å². The molecule has 5 aliphatic rings. The molecule has 5 heterocycles. The molecule has 1 fully saturated rings. The number of ether oxygens (including phenoxy) is 2. The SMILES string of the molecule is COc1cccc(C2C(C#N)=C(N)N(c3sc4c(c3C#N)C3CCN4CC3)C3=C2C(=O)CCC3)c1OC. The topological polar surface area (TPSA) is 116 Å². The molecule has 1 atom stereocenters. The second-order valence-electron chi connectivity index (χ2n) is 9.77. The van der Waals surface area contributed by atoms with Crippen LogP contribution >= 0.6 is 11.3 Å². The van der Waals surface area contributed by atoms with Crippen LogP contribution in [0.2, 0.25) is 0 Å². The van der Waals surface area contributed by atoms with Crippen LogP contribution in [0.15, 0.2) is 40.9 Å². The number of thiophene rings is 1. The number of Topliss-reactive ketones (excluding diaryl/α,β-unsaturated/α-hetero) is 1. The van der Waals surface area contributed by atoms with Crippen LogP contribution in [0.25, 0.3) is 0 Å². The summed E-state index contributed by atoms with van der Waals surface area (Å²) < 4.78 is 11.2. The number of nitrogens with two attached hydrogens (primary N) is 1. The fourth-order valence-electron chi connectivity index (χ4n) is 6.44. The number of allylic oxidation sites excluding steroid dienone is 3. The summed E-state index contributed by atoms with van der Waals surface area (Å²) in [5.74, 6) is 0.941. The minimum atomic E-state index is -0.672. The maximum absolute atomic E-state index is 13.6. The Labute approximate surface area is 219 Å². The summed E-state index contributed by atoms with van der Waals surface area (Å²) in [6.45, 7) is 1.97. The van der Waals surface area contributed by atoms with Crippen molar-refractivity contribution in [1.29, 1.82) is 10.5 Å². The number of hydrogen-bond acceptors (Lipinski definition) is 9. The van der Waals surface area contributed by atoms with Crippen molar-refractivity contribution in [3.63, 3.8) is 0 Å². The maximum atomic E-state index is 13.6. The lowest BCUT2D eigenvalue weighted by Crippen LogP contribution is -2.39. The average molecular weight is 514 g/mol. The van der Waals surface area contributed by atoms with Crippen molar-refractivity contribution < 1.29 is 14.3 Å². The number of benzene rings is 1. The number of ketones is 1. The number of nitriles is 2. The van der Waals surface area contributed by atoms with Crippen molar-refractivity contribution >= 4 is 27.1 Å². The Balaban J connectivity index is 1.61. The standard InChI is InChI=1S/C28H27N5O3S/c1-35-21-8-3-5-16(25(21)36-2)23-17(13-29)26(31)33(19-6-4-7-20(34)24(19)23)27-18(14-30)22-15-9-11-32(12-10-15)28(22)37-27/h3,5,8,15,23H,4,6-7,9-12,31H2,1-2H3. The number of carbonyl (C=O) groups excluding carboxylic acids is 1. The van der Waals surface area contributed by atoms with E-state index >= 15 is 0 Å². The molecule has 37 heavy (non-hydrogen) atoms. The number of hydrogen-bond donors (Lipinski definition) is 1. The molecule has 7 rings (SSSR count). The average Bonchev–Trinajstić information content (AvgIpc) is 3.34. The molecule has 0 amide bonds. The first kappa shape index (κ1) is 23.4. The minimum absolute atomic E-state index is 0.00924. The van der Waals surface area contributed by atoms with E-state index in [1.165, 1.54) is 0 Å². The summed E-state index contributed by atoms with van der Waals surface area (Å²) in [6, 6.07) is 10.2. The zero-order chi connectivity index (χ0) is 25.8. The molecular formula is C28H27N5O3S. The van der Waals surface area contributed by atoms with Crippen LogP contribution in [0.5, 0.6) is 11.5 Å². The molecule has 2 aromatic rings. The highest BCUT2D eigenvalue weighted by Gasteiger charge is 2.44. The zero-order valence-electron chi connectivity index (χ0n) is 20.8. The van der Waals surface area contributed by atoms with Gasteiger partial charge < -0.3 is 20.1 Å². The number of methoxy groups -OCH3 is 2. The summed E-state index contributed by atoms with van der Waals surface area (Å²) in [5, 5.41) is 22.6. The highest BCUT2D eigenvalue weighted by Crippen LogP contribution is 2.56. The second-order valence-corrected chi connectivity index (χ2v) is 10.8. The molecule has 188 valence electrons. The van der Waals surface area contributed by atoms with Crippen molar-refractivity contribution in [2.24, 2.45) is 5.73 Å². The van der Waals surface area contributed by atoms with Crippen molar-refractivity contribution in [3.05, 3.63) is 57.6 Å². The summed E-state index contributed by atoms with van der Waals surface area (Å²) in [7, 11) is 3.10. The number of piperidine rings is 1. The Kier molecular flexibility index (Phi) is 5.62. The molecule has 0 spiro atoms. The van der Waals surface area contributed by atoms with Crippen LogP contribution in [-0.2, 0) is 4.79 Å². The van der Waals surface area contributed by atoms with Crippen molar-refractivity contribution in [1.82, 2.24) is 0 Å². The Bertz CT molecular complexity index is 1470. The van der Waals surface area contributed by atoms with E-state index in [1.54, 1.807) is 31.6 Å².